The van der Waals surface area contributed by atoms with E-state index in [0.29, 0.717) is 5.69 Å². The molecule has 0 radical (unpaired) electrons. The second kappa shape index (κ2) is 8.25. The molecule has 0 fully saturated rings. The van der Waals surface area contributed by atoms with Crippen molar-refractivity contribution in [3.8, 4) is 9.88 Å². The zero-order valence-electron chi connectivity index (χ0n) is 14.4. The molecule has 0 saturated heterocycles. The zero-order valence-corrected chi connectivity index (χ0v) is 16.1. The second-order valence-electron chi connectivity index (χ2n) is 5.77. The van der Waals surface area contributed by atoms with E-state index in [0.717, 1.165) is 26.7 Å². The van der Waals surface area contributed by atoms with Crippen molar-refractivity contribution in [3.05, 3.63) is 57.9 Å². The van der Waals surface area contributed by atoms with Gasteiger partial charge in [0.2, 0.25) is 0 Å². The number of carbonyl (C=O) groups is 2. The quantitative estimate of drug-likeness (QED) is 0.644. The number of nitrogens with zero attached hydrogens (tertiary/aromatic N) is 1. The Morgan fingerprint density at radius 2 is 1.88 bits per heavy atom. The molecule has 0 saturated carbocycles. The van der Waals surface area contributed by atoms with Crippen LogP contribution in [0.2, 0.25) is 0 Å². The Balaban J connectivity index is 1.50. The van der Waals surface area contributed by atoms with Crippen LogP contribution in [0.4, 0.5) is 5.69 Å². The van der Waals surface area contributed by atoms with Crippen molar-refractivity contribution in [1.29, 1.82) is 0 Å². The van der Waals surface area contributed by atoms with Gasteiger partial charge in [-0.05, 0) is 36.4 Å². The van der Waals surface area contributed by atoms with E-state index in [1.54, 1.807) is 11.3 Å². The lowest BCUT2D eigenvalue weighted by Gasteiger charge is -2.11. The normalized spacial score (nSPS) is 10.5. The van der Waals surface area contributed by atoms with Crippen LogP contribution in [-0.2, 0) is 20.7 Å². The number of nitrogens with one attached hydrogen (secondary N) is 1. The standard InChI is InChI=1S/C19H18N2O3S2/c1-12-5-3-6-13(2)18(12)21-16(22)10-24-17(23)9-14-11-26-19(20-14)15-7-4-8-25-15/h3-8,11H,9-10H2,1-2H3,(H,21,22). The molecule has 0 aliphatic carbocycles. The minimum absolute atomic E-state index is 0.0541. The van der Waals surface area contributed by atoms with Gasteiger partial charge in [-0.15, -0.1) is 22.7 Å². The van der Waals surface area contributed by atoms with Crippen LogP contribution in [-0.4, -0.2) is 23.5 Å². The van der Waals surface area contributed by atoms with E-state index >= 15 is 0 Å². The highest BCUT2D eigenvalue weighted by molar-refractivity contribution is 7.20. The molecule has 0 atom stereocenters. The Morgan fingerprint density at radius 3 is 2.58 bits per heavy atom. The van der Waals surface area contributed by atoms with Crippen molar-refractivity contribution >= 4 is 40.2 Å². The number of rotatable bonds is 6. The van der Waals surface area contributed by atoms with Gasteiger partial charge >= 0.3 is 5.97 Å². The van der Waals surface area contributed by atoms with Gasteiger partial charge in [-0.25, -0.2) is 4.98 Å². The number of amides is 1. The molecule has 0 unspecified atom stereocenters. The molecule has 0 aliphatic heterocycles. The Kier molecular flexibility index (Phi) is 5.80. The molecule has 3 rings (SSSR count). The highest BCUT2D eigenvalue weighted by Crippen LogP contribution is 2.28. The molecule has 1 amide bonds. The summed E-state index contributed by atoms with van der Waals surface area (Å²) in [6.45, 7) is 3.53. The Labute approximate surface area is 159 Å². The van der Waals surface area contributed by atoms with Crippen LogP contribution in [0.25, 0.3) is 9.88 Å². The number of esters is 1. The monoisotopic (exact) mass is 386 g/mol. The van der Waals surface area contributed by atoms with Crippen LogP contribution in [0.15, 0.2) is 41.1 Å². The predicted molar refractivity (Wildman–Crippen MR) is 105 cm³/mol. The number of para-hydroxylation sites is 1. The lowest BCUT2D eigenvalue weighted by Crippen LogP contribution is -2.22. The van der Waals surface area contributed by atoms with Gasteiger partial charge in [-0.1, -0.05) is 24.3 Å². The van der Waals surface area contributed by atoms with Gasteiger partial charge in [-0.2, -0.15) is 0 Å². The molecule has 3 aromatic rings. The van der Waals surface area contributed by atoms with Crippen molar-refractivity contribution in [3.63, 3.8) is 0 Å². The summed E-state index contributed by atoms with van der Waals surface area (Å²) in [6, 6.07) is 9.72. The first-order valence-electron chi connectivity index (χ1n) is 8.03. The summed E-state index contributed by atoms with van der Waals surface area (Å²) in [4.78, 5) is 29.5. The van der Waals surface area contributed by atoms with Gasteiger partial charge in [0.1, 0.15) is 5.01 Å². The van der Waals surface area contributed by atoms with Crippen molar-refractivity contribution in [2.24, 2.45) is 0 Å². The number of hydrogen-bond acceptors (Lipinski definition) is 6. The Hall–Kier alpha value is -2.51. The largest absolute Gasteiger partial charge is 0.455 e. The number of carbonyl (C=O) groups excluding carboxylic acids is 2. The minimum Gasteiger partial charge on any atom is -0.455 e. The van der Waals surface area contributed by atoms with Gasteiger partial charge in [0.15, 0.2) is 6.61 Å². The van der Waals surface area contributed by atoms with Gasteiger partial charge in [0, 0.05) is 11.1 Å². The third-order valence-corrected chi connectivity index (χ3v) is 5.65. The van der Waals surface area contributed by atoms with E-state index in [9.17, 15) is 9.59 Å². The maximum atomic E-state index is 12.0. The first-order chi connectivity index (χ1) is 12.5. The summed E-state index contributed by atoms with van der Waals surface area (Å²) in [5.74, 6) is -0.821. The topological polar surface area (TPSA) is 68.3 Å². The lowest BCUT2D eigenvalue weighted by atomic mass is 10.1. The molecular formula is C19H18N2O3S2. The van der Waals surface area contributed by atoms with E-state index in [1.165, 1.54) is 11.3 Å². The number of anilines is 1. The highest BCUT2D eigenvalue weighted by atomic mass is 32.1. The molecule has 1 aromatic carbocycles. The SMILES string of the molecule is Cc1cccc(C)c1NC(=O)COC(=O)Cc1csc(-c2cccs2)n1. The Bertz CT molecular complexity index is 897. The van der Waals surface area contributed by atoms with Crippen molar-refractivity contribution in [1.82, 2.24) is 4.98 Å². The molecular weight excluding hydrogens is 368 g/mol. The molecule has 2 aromatic heterocycles. The van der Waals surface area contributed by atoms with E-state index in [1.807, 2.05) is 54.9 Å². The van der Waals surface area contributed by atoms with Crippen molar-refractivity contribution in [2.45, 2.75) is 20.3 Å². The number of thiazole rings is 1. The number of aromatic nitrogens is 1. The van der Waals surface area contributed by atoms with Gasteiger partial charge in [0.05, 0.1) is 17.0 Å². The second-order valence-corrected chi connectivity index (χ2v) is 7.58. The number of thiophene rings is 1. The van der Waals surface area contributed by atoms with Crippen LogP contribution in [0.1, 0.15) is 16.8 Å². The van der Waals surface area contributed by atoms with Crippen molar-refractivity contribution in [2.75, 3.05) is 11.9 Å². The lowest BCUT2D eigenvalue weighted by molar-refractivity contribution is -0.146. The van der Waals surface area contributed by atoms with E-state index in [-0.39, 0.29) is 18.9 Å². The van der Waals surface area contributed by atoms with Gasteiger partial charge in [0.25, 0.3) is 5.91 Å². The smallest absolute Gasteiger partial charge is 0.312 e. The fraction of sp³-hybridized carbons (Fsp3) is 0.211. The highest BCUT2D eigenvalue weighted by Gasteiger charge is 2.13. The molecule has 0 bridgehead atoms. The number of aryl methyl sites for hydroxylation is 2. The maximum absolute atomic E-state index is 12.0. The summed E-state index contributed by atoms with van der Waals surface area (Å²) in [6.07, 6.45) is 0.0541. The third-order valence-electron chi connectivity index (χ3n) is 3.72. The molecule has 5 nitrogen and oxygen atoms in total. The van der Waals surface area contributed by atoms with Gasteiger partial charge < -0.3 is 10.1 Å². The third kappa shape index (κ3) is 4.56. The number of benzene rings is 1. The number of ether oxygens (including phenoxy) is 1. The van der Waals surface area contributed by atoms with E-state index < -0.39 is 5.97 Å². The fourth-order valence-corrected chi connectivity index (χ4v) is 4.07. The summed E-state index contributed by atoms with van der Waals surface area (Å²) in [5, 5.41) is 7.50. The molecule has 26 heavy (non-hydrogen) atoms. The van der Waals surface area contributed by atoms with Crippen molar-refractivity contribution < 1.29 is 14.3 Å². The molecule has 134 valence electrons. The first-order valence-corrected chi connectivity index (χ1v) is 9.79. The molecule has 0 spiro atoms. The maximum Gasteiger partial charge on any atom is 0.312 e. The van der Waals surface area contributed by atoms with E-state index in [4.69, 9.17) is 4.74 Å². The summed E-state index contributed by atoms with van der Waals surface area (Å²) in [7, 11) is 0. The van der Waals surface area contributed by atoms with Crippen LogP contribution >= 0.6 is 22.7 Å². The van der Waals surface area contributed by atoms with Crippen LogP contribution in [0.3, 0.4) is 0 Å². The molecule has 2 heterocycles. The van der Waals surface area contributed by atoms with E-state index in [2.05, 4.69) is 10.3 Å². The van der Waals surface area contributed by atoms with Gasteiger partial charge in [-0.3, -0.25) is 9.59 Å². The number of hydrogen-bond donors (Lipinski definition) is 1. The summed E-state index contributed by atoms with van der Waals surface area (Å²) < 4.78 is 5.08. The Morgan fingerprint density at radius 1 is 1.12 bits per heavy atom. The summed E-state index contributed by atoms with van der Waals surface area (Å²) >= 11 is 3.10. The molecule has 7 heteroatoms. The first kappa shape index (κ1) is 18.3. The molecule has 1 N–H and O–H groups in total. The van der Waals surface area contributed by atoms with Crippen LogP contribution in [0, 0.1) is 13.8 Å². The minimum atomic E-state index is -0.468. The average molecular weight is 386 g/mol. The van der Waals surface area contributed by atoms with Crippen LogP contribution in [0.5, 0.6) is 0 Å². The van der Waals surface area contributed by atoms with Crippen LogP contribution < -0.4 is 5.32 Å². The average Bonchev–Trinajstić information content (AvgIpc) is 3.28. The zero-order chi connectivity index (χ0) is 18.5. The predicted octanol–water partition coefficient (Wildman–Crippen LogP) is 4.21. The summed E-state index contributed by atoms with van der Waals surface area (Å²) in [5.41, 5.74) is 3.34. The fourth-order valence-electron chi connectivity index (χ4n) is 2.43. The molecule has 0 aliphatic rings.